The maximum atomic E-state index is 12.2. The molecule has 0 unspecified atom stereocenters. The average molecular weight is 229 g/mol. The smallest absolute Gasteiger partial charge is 0.326 e. The normalized spacial score (nSPS) is 12.4. The molecule has 1 aromatic carbocycles. The summed E-state index contributed by atoms with van der Waals surface area (Å²) in [6, 6.07) is 7.87. The third-order valence-corrected chi connectivity index (χ3v) is 1.70. The van der Waals surface area contributed by atoms with E-state index in [1.165, 1.54) is 12.1 Å². The van der Waals surface area contributed by atoms with Gasteiger partial charge in [-0.15, -0.1) is 0 Å². The molecule has 0 bridgehead atoms. The van der Waals surface area contributed by atoms with Gasteiger partial charge in [-0.2, -0.15) is 13.2 Å². The topological polar surface area (TPSA) is 29.1 Å². The molecule has 86 valence electrons. The summed E-state index contributed by atoms with van der Waals surface area (Å²) in [5.74, 6) is -0.542. The molecule has 1 N–H and O–H groups in total. The van der Waals surface area contributed by atoms with Gasteiger partial charge in [-0.05, 0) is 5.56 Å². The molecule has 0 aliphatic heterocycles. The monoisotopic (exact) mass is 229 g/mol. The van der Waals surface area contributed by atoms with Gasteiger partial charge in [0.05, 0.1) is 5.70 Å². The van der Waals surface area contributed by atoms with Gasteiger partial charge >= 0.3 is 6.18 Å². The molecule has 1 rings (SSSR count). The quantitative estimate of drug-likeness (QED) is 0.830. The standard InChI is InChI=1S/C11H10F3NO/c1-8(16)15-10(7-11(12,13)14)9-5-3-2-4-6-9/h2-7H,1H3,(H,15,16)/b10-7-. The number of hydrogen-bond donors (Lipinski definition) is 1. The van der Waals surface area contributed by atoms with Crippen LogP contribution in [0.2, 0.25) is 0 Å². The molecule has 0 aliphatic carbocycles. The minimum Gasteiger partial charge on any atom is -0.326 e. The first-order chi connectivity index (χ1) is 7.38. The molecule has 0 aromatic heterocycles. The first kappa shape index (κ1) is 12.3. The molecule has 0 heterocycles. The third-order valence-electron chi connectivity index (χ3n) is 1.70. The Kier molecular flexibility index (Phi) is 3.71. The first-order valence-corrected chi connectivity index (χ1v) is 4.51. The summed E-state index contributed by atoms with van der Waals surface area (Å²) in [7, 11) is 0. The van der Waals surface area contributed by atoms with Gasteiger partial charge in [0, 0.05) is 13.0 Å². The van der Waals surface area contributed by atoms with Gasteiger partial charge in [0.25, 0.3) is 0 Å². The Morgan fingerprint density at radius 2 is 1.81 bits per heavy atom. The fourth-order valence-electron chi connectivity index (χ4n) is 1.16. The highest BCUT2D eigenvalue weighted by atomic mass is 19.4. The van der Waals surface area contributed by atoms with Crippen molar-refractivity contribution in [1.82, 2.24) is 5.32 Å². The van der Waals surface area contributed by atoms with E-state index in [0.717, 1.165) is 6.92 Å². The number of hydrogen-bond acceptors (Lipinski definition) is 1. The molecule has 0 aliphatic rings. The van der Waals surface area contributed by atoms with E-state index in [4.69, 9.17) is 0 Å². The largest absolute Gasteiger partial charge is 0.411 e. The van der Waals surface area contributed by atoms with E-state index < -0.39 is 12.1 Å². The highest BCUT2D eigenvalue weighted by Gasteiger charge is 2.25. The second-order valence-corrected chi connectivity index (χ2v) is 3.15. The number of halogens is 3. The van der Waals surface area contributed by atoms with Crippen LogP contribution in [-0.4, -0.2) is 12.1 Å². The van der Waals surface area contributed by atoms with E-state index >= 15 is 0 Å². The van der Waals surface area contributed by atoms with Gasteiger partial charge in [-0.25, -0.2) is 0 Å². The van der Waals surface area contributed by atoms with E-state index in [1.54, 1.807) is 18.2 Å². The highest BCUT2D eigenvalue weighted by molar-refractivity contribution is 5.85. The van der Waals surface area contributed by atoms with E-state index in [9.17, 15) is 18.0 Å². The van der Waals surface area contributed by atoms with Crippen LogP contribution in [0.3, 0.4) is 0 Å². The van der Waals surface area contributed by atoms with Gasteiger partial charge in [-0.1, -0.05) is 30.3 Å². The summed E-state index contributed by atoms with van der Waals surface area (Å²) in [5, 5.41) is 2.15. The van der Waals surface area contributed by atoms with Crippen LogP contribution in [0.1, 0.15) is 12.5 Å². The van der Waals surface area contributed by atoms with E-state index in [1.807, 2.05) is 0 Å². The lowest BCUT2D eigenvalue weighted by atomic mass is 10.1. The zero-order valence-corrected chi connectivity index (χ0v) is 8.51. The van der Waals surface area contributed by atoms with Crippen molar-refractivity contribution in [3.63, 3.8) is 0 Å². The van der Waals surface area contributed by atoms with E-state index in [-0.39, 0.29) is 11.8 Å². The third kappa shape index (κ3) is 4.16. The van der Waals surface area contributed by atoms with Crippen molar-refractivity contribution in [3.8, 4) is 0 Å². The Labute approximate surface area is 90.8 Å². The maximum absolute atomic E-state index is 12.2. The molecule has 0 saturated heterocycles. The van der Waals surface area contributed by atoms with Gasteiger partial charge in [0.2, 0.25) is 5.91 Å². The Morgan fingerprint density at radius 1 is 1.25 bits per heavy atom. The van der Waals surface area contributed by atoms with Crippen molar-refractivity contribution in [3.05, 3.63) is 42.0 Å². The summed E-state index contributed by atoms with van der Waals surface area (Å²) < 4.78 is 36.6. The minimum atomic E-state index is -4.46. The van der Waals surface area contributed by atoms with Gasteiger partial charge < -0.3 is 5.32 Å². The van der Waals surface area contributed by atoms with Crippen LogP contribution in [0, 0.1) is 0 Å². The number of carbonyl (C=O) groups is 1. The van der Waals surface area contributed by atoms with Gasteiger partial charge in [0.1, 0.15) is 0 Å². The van der Waals surface area contributed by atoms with Gasteiger partial charge in [-0.3, -0.25) is 4.79 Å². The first-order valence-electron chi connectivity index (χ1n) is 4.51. The summed E-state index contributed by atoms with van der Waals surface area (Å²) in [4.78, 5) is 10.8. The van der Waals surface area contributed by atoms with Crippen LogP contribution in [0.5, 0.6) is 0 Å². The summed E-state index contributed by atoms with van der Waals surface area (Å²) >= 11 is 0. The van der Waals surface area contributed by atoms with Crippen molar-refractivity contribution < 1.29 is 18.0 Å². The molecule has 0 radical (unpaired) electrons. The van der Waals surface area contributed by atoms with Crippen LogP contribution >= 0.6 is 0 Å². The molecule has 5 heteroatoms. The second-order valence-electron chi connectivity index (χ2n) is 3.15. The van der Waals surface area contributed by atoms with E-state index in [2.05, 4.69) is 5.32 Å². The molecule has 0 fully saturated rings. The minimum absolute atomic E-state index is 0.0731. The molecule has 1 aromatic rings. The molecular weight excluding hydrogens is 219 g/mol. The Bertz CT molecular complexity index is 395. The lowest BCUT2D eigenvalue weighted by molar-refractivity contribution is -0.117. The zero-order chi connectivity index (χ0) is 12.2. The molecule has 16 heavy (non-hydrogen) atoms. The molecular formula is C11H10F3NO. The molecule has 2 nitrogen and oxygen atoms in total. The van der Waals surface area contributed by atoms with Crippen molar-refractivity contribution in [1.29, 1.82) is 0 Å². The SMILES string of the molecule is CC(=O)N/C(=C\C(F)(F)F)c1ccccc1. The van der Waals surface area contributed by atoms with Crippen molar-refractivity contribution >= 4 is 11.6 Å². The second kappa shape index (κ2) is 4.83. The lowest BCUT2D eigenvalue weighted by Gasteiger charge is -2.09. The number of carbonyl (C=O) groups excluding carboxylic acids is 1. The Morgan fingerprint density at radius 3 is 2.25 bits per heavy atom. The van der Waals surface area contributed by atoms with Crippen LogP contribution in [-0.2, 0) is 4.79 Å². The van der Waals surface area contributed by atoms with Crippen LogP contribution in [0.15, 0.2) is 36.4 Å². The Balaban J connectivity index is 3.07. The fourth-order valence-corrected chi connectivity index (χ4v) is 1.16. The number of allylic oxidation sites excluding steroid dienone is 1. The maximum Gasteiger partial charge on any atom is 0.411 e. The highest BCUT2D eigenvalue weighted by Crippen LogP contribution is 2.22. The number of benzene rings is 1. The Hall–Kier alpha value is -1.78. The van der Waals surface area contributed by atoms with Crippen molar-refractivity contribution in [2.75, 3.05) is 0 Å². The fraction of sp³-hybridized carbons (Fsp3) is 0.182. The number of rotatable bonds is 2. The molecule has 0 atom stereocenters. The predicted molar refractivity (Wildman–Crippen MR) is 54.3 cm³/mol. The summed E-state index contributed by atoms with van der Waals surface area (Å²) in [6.45, 7) is 1.16. The number of alkyl halides is 3. The van der Waals surface area contributed by atoms with Crippen molar-refractivity contribution in [2.24, 2.45) is 0 Å². The molecule has 0 saturated carbocycles. The van der Waals surface area contributed by atoms with E-state index in [0.29, 0.717) is 5.56 Å². The van der Waals surface area contributed by atoms with Crippen LogP contribution in [0.25, 0.3) is 5.70 Å². The van der Waals surface area contributed by atoms with Gasteiger partial charge in [0.15, 0.2) is 0 Å². The number of amides is 1. The predicted octanol–water partition coefficient (Wildman–Crippen LogP) is 2.73. The average Bonchev–Trinajstić information content (AvgIpc) is 2.15. The molecule has 1 amide bonds. The summed E-state index contributed by atoms with van der Waals surface area (Å²) in [5.41, 5.74) is 0.0654. The number of nitrogens with one attached hydrogen (secondary N) is 1. The summed E-state index contributed by atoms with van der Waals surface area (Å²) in [6.07, 6.45) is -4.39. The van der Waals surface area contributed by atoms with Crippen LogP contribution < -0.4 is 5.32 Å². The molecule has 0 spiro atoms. The zero-order valence-electron chi connectivity index (χ0n) is 8.51. The lowest BCUT2D eigenvalue weighted by Crippen LogP contribution is -2.20. The van der Waals surface area contributed by atoms with Crippen molar-refractivity contribution in [2.45, 2.75) is 13.1 Å². The van der Waals surface area contributed by atoms with Crippen LogP contribution in [0.4, 0.5) is 13.2 Å².